The van der Waals surface area contributed by atoms with E-state index in [4.69, 9.17) is 0 Å². The van der Waals surface area contributed by atoms with Crippen molar-refractivity contribution in [2.45, 2.75) is 12.4 Å². The summed E-state index contributed by atoms with van der Waals surface area (Å²) < 4.78 is 63.7. The van der Waals surface area contributed by atoms with E-state index >= 15 is 0 Å². The normalized spacial score (nSPS) is 13.5. The van der Waals surface area contributed by atoms with E-state index < -0.39 is 27.4 Å². The molecule has 0 saturated heterocycles. The molecule has 0 fully saturated rings. The summed E-state index contributed by atoms with van der Waals surface area (Å²) in [6, 6.07) is 0. The number of ether oxygens (including phenoxy) is 1. The summed E-state index contributed by atoms with van der Waals surface area (Å²) in [4.78, 5) is 10.5. The summed E-state index contributed by atoms with van der Waals surface area (Å²) >= 11 is 0. The summed E-state index contributed by atoms with van der Waals surface area (Å²) in [7, 11) is -4.75. The van der Waals surface area contributed by atoms with Crippen molar-refractivity contribution >= 4 is 16.1 Å². The number of rotatable bonds is 3. The third-order valence-corrected chi connectivity index (χ3v) is 2.10. The molecule has 0 unspecified atom stereocenters. The van der Waals surface area contributed by atoms with Gasteiger partial charge in [-0.05, 0) is 6.92 Å². The predicted molar refractivity (Wildman–Crippen MR) is 41.8 cm³/mol. The third-order valence-electron chi connectivity index (χ3n) is 1.05. The van der Waals surface area contributed by atoms with Crippen LogP contribution in [0.4, 0.5) is 13.2 Å². The second kappa shape index (κ2) is 4.51. The number of hydrogen-bond donors (Lipinski definition) is 0. The van der Waals surface area contributed by atoms with Gasteiger partial charge in [-0.15, -0.1) is 0 Å². The Morgan fingerprint density at radius 3 is 2.13 bits per heavy atom. The van der Waals surface area contributed by atoms with E-state index in [-0.39, 0.29) is 0 Å². The largest absolute Gasteiger partial charge is 0.534 e. The molecule has 0 heterocycles. The summed E-state index contributed by atoms with van der Waals surface area (Å²) in [5, 5.41) is 0. The first-order valence-corrected chi connectivity index (χ1v) is 4.78. The molecule has 0 aliphatic carbocycles. The van der Waals surface area contributed by atoms with Gasteiger partial charge in [0.1, 0.15) is 5.76 Å². The second-order valence-electron chi connectivity index (χ2n) is 2.26. The first kappa shape index (κ1) is 13.8. The summed E-state index contributed by atoms with van der Waals surface area (Å²) in [6.07, 6.45) is 0.475. The van der Waals surface area contributed by atoms with Crippen LogP contribution in [0, 0.1) is 0 Å². The lowest BCUT2D eigenvalue weighted by atomic mass is 10.5. The molecular weight excluding hydrogens is 241 g/mol. The van der Waals surface area contributed by atoms with Crippen LogP contribution in [0.5, 0.6) is 0 Å². The van der Waals surface area contributed by atoms with E-state index in [1.54, 1.807) is 0 Å². The molecule has 0 amide bonds. The monoisotopic (exact) mass is 248 g/mol. The van der Waals surface area contributed by atoms with Crippen LogP contribution in [-0.2, 0) is 23.8 Å². The molecule has 88 valence electrons. The van der Waals surface area contributed by atoms with Gasteiger partial charge in [0.15, 0.2) is 0 Å². The molecule has 0 spiro atoms. The van der Waals surface area contributed by atoms with Crippen molar-refractivity contribution in [3.05, 3.63) is 11.8 Å². The van der Waals surface area contributed by atoms with Crippen LogP contribution in [0.25, 0.3) is 0 Å². The van der Waals surface area contributed by atoms with Crippen molar-refractivity contribution in [2.75, 3.05) is 7.11 Å². The first-order valence-electron chi connectivity index (χ1n) is 3.37. The number of methoxy groups -OCH3 is 1. The number of hydrogen-bond acceptors (Lipinski definition) is 5. The van der Waals surface area contributed by atoms with Gasteiger partial charge >= 0.3 is 21.6 Å². The fourth-order valence-corrected chi connectivity index (χ4v) is 0.958. The molecule has 0 bridgehead atoms. The molecule has 0 aliphatic rings. The van der Waals surface area contributed by atoms with E-state index in [0.717, 1.165) is 14.0 Å². The van der Waals surface area contributed by atoms with Gasteiger partial charge in [-0.25, -0.2) is 4.79 Å². The average molecular weight is 248 g/mol. The maximum Gasteiger partial charge on any atom is 0.534 e. The molecule has 0 N–H and O–H groups in total. The molecule has 0 atom stereocenters. The molecule has 0 rings (SSSR count). The quantitative estimate of drug-likeness (QED) is 0.244. The minimum Gasteiger partial charge on any atom is -0.466 e. The number of esters is 1. The lowest BCUT2D eigenvalue weighted by Gasteiger charge is -2.08. The Morgan fingerprint density at radius 2 is 1.80 bits per heavy atom. The molecule has 5 nitrogen and oxygen atoms in total. The lowest BCUT2D eigenvalue weighted by molar-refractivity contribution is -0.135. The topological polar surface area (TPSA) is 69.7 Å². The molecule has 0 saturated carbocycles. The van der Waals surface area contributed by atoms with E-state index in [1.165, 1.54) is 0 Å². The minimum atomic E-state index is -5.73. The van der Waals surface area contributed by atoms with Crippen LogP contribution in [0.15, 0.2) is 11.8 Å². The zero-order valence-electron chi connectivity index (χ0n) is 7.66. The highest BCUT2D eigenvalue weighted by Crippen LogP contribution is 2.26. The minimum absolute atomic E-state index is 0.475. The zero-order chi connectivity index (χ0) is 12.3. The Labute approximate surface area is 83.6 Å². The number of carbonyl (C=O) groups excluding carboxylic acids is 1. The molecule has 0 radical (unpaired) electrons. The predicted octanol–water partition coefficient (Wildman–Crippen LogP) is 0.929. The van der Waals surface area contributed by atoms with Crippen LogP contribution in [0.1, 0.15) is 6.92 Å². The number of allylic oxidation sites excluding steroid dienone is 1. The van der Waals surface area contributed by atoms with Gasteiger partial charge < -0.3 is 8.92 Å². The first-order chi connectivity index (χ1) is 6.60. The molecule has 0 aliphatic heterocycles. The Morgan fingerprint density at radius 1 is 1.33 bits per heavy atom. The van der Waals surface area contributed by atoms with Gasteiger partial charge in [0.25, 0.3) is 0 Å². The fourth-order valence-electron chi connectivity index (χ4n) is 0.469. The van der Waals surface area contributed by atoms with Crippen LogP contribution in [0.3, 0.4) is 0 Å². The molecular formula is C6H7F3O5S. The standard InChI is InChI=1S/C6H7F3O5S/c1-4(3-5(10)13-2)14-15(11,12)6(7,8)9/h3H,1-2H3/b4-3+. The Bertz CT molecular complexity index is 367. The summed E-state index contributed by atoms with van der Waals surface area (Å²) in [5.41, 5.74) is -5.53. The van der Waals surface area contributed by atoms with Crippen LogP contribution >= 0.6 is 0 Å². The zero-order valence-corrected chi connectivity index (χ0v) is 8.48. The number of alkyl halides is 3. The van der Waals surface area contributed by atoms with Gasteiger partial charge in [0.05, 0.1) is 13.2 Å². The highest BCUT2D eigenvalue weighted by Gasteiger charge is 2.48. The molecule has 0 aromatic rings. The average Bonchev–Trinajstić information content (AvgIpc) is 2.00. The van der Waals surface area contributed by atoms with Crippen molar-refractivity contribution in [3.63, 3.8) is 0 Å². The Hall–Kier alpha value is -1.25. The Balaban J connectivity index is 4.78. The third kappa shape index (κ3) is 4.19. The van der Waals surface area contributed by atoms with Crippen molar-refractivity contribution in [2.24, 2.45) is 0 Å². The van der Waals surface area contributed by atoms with Gasteiger partial charge in [-0.3, -0.25) is 0 Å². The molecule has 15 heavy (non-hydrogen) atoms. The van der Waals surface area contributed by atoms with E-state index in [1.807, 2.05) is 0 Å². The van der Waals surface area contributed by atoms with Gasteiger partial charge in [0, 0.05) is 0 Å². The highest BCUT2D eigenvalue weighted by atomic mass is 32.2. The fraction of sp³-hybridized carbons (Fsp3) is 0.500. The maximum absolute atomic E-state index is 11.8. The Kier molecular flexibility index (Phi) is 4.14. The second-order valence-corrected chi connectivity index (χ2v) is 3.80. The summed E-state index contributed by atoms with van der Waals surface area (Å²) in [6.45, 7) is 0.875. The molecule has 0 aromatic carbocycles. The van der Waals surface area contributed by atoms with Crippen molar-refractivity contribution < 1.29 is 35.3 Å². The maximum atomic E-state index is 11.8. The van der Waals surface area contributed by atoms with Crippen LogP contribution < -0.4 is 0 Å². The van der Waals surface area contributed by atoms with E-state index in [9.17, 15) is 26.4 Å². The van der Waals surface area contributed by atoms with Gasteiger partial charge in [0.2, 0.25) is 0 Å². The number of carbonyl (C=O) groups is 1. The van der Waals surface area contributed by atoms with Crippen molar-refractivity contribution in [1.82, 2.24) is 0 Å². The van der Waals surface area contributed by atoms with Crippen LogP contribution in [-0.4, -0.2) is 27.0 Å². The molecule has 9 heteroatoms. The van der Waals surface area contributed by atoms with E-state index in [0.29, 0.717) is 6.08 Å². The van der Waals surface area contributed by atoms with Crippen molar-refractivity contribution in [1.29, 1.82) is 0 Å². The highest BCUT2D eigenvalue weighted by molar-refractivity contribution is 7.87. The van der Waals surface area contributed by atoms with Gasteiger partial charge in [-0.1, -0.05) is 0 Å². The molecule has 0 aromatic heterocycles. The SMILES string of the molecule is COC(=O)/C=C(\C)OS(=O)(=O)C(F)(F)F. The summed E-state index contributed by atoms with van der Waals surface area (Å²) in [5.74, 6) is -1.76. The smallest absolute Gasteiger partial charge is 0.466 e. The van der Waals surface area contributed by atoms with Gasteiger partial charge in [-0.2, -0.15) is 21.6 Å². The van der Waals surface area contributed by atoms with E-state index in [2.05, 4.69) is 8.92 Å². The van der Waals surface area contributed by atoms with Crippen molar-refractivity contribution in [3.8, 4) is 0 Å². The van der Waals surface area contributed by atoms with Crippen LogP contribution in [0.2, 0.25) is 0 Å². The lowest BCUT2D eigenvalue weighted by Crippen LogP contribution is -2.25. The number of halogens is 3.